The molecule has 0 N–H and O–H groups in total. The van der Waals surface area contributed by atoms with Crippen LogP contribution in [0, 0.1) is 0 Å². The standard InChI is InChI=1S/C38H24O/c1-3-13-25(14-4-1)27-23-33(38-32-21-11-12-22-34(32)39-35(38)24-27)37-30-19-9-7-17-28(30)36(26-15-5-2-6-16-26)29-18-8-10-20-31(29)37/h1-24H/i1D,2D,3D,4D,5D,6D,7D,8D,9D,10D,13D,14D,15D,16D,17D,18D,19D,20D. The minimum atomic E-state index is -0.795. The van der Waals surface area contributed by atoms with Gasteiger partial charge < -0.3 is 4.42 Å². The number of benzene rings is 7. The summed E-state index contributed by atoms with van der Waals surface area (Å²) in [5.41, 5.74) is -1.02. The molecule has 39 heavy (non-hydrogen) atoms. The fourth-order valence-corrected chi connectivity index (χ4v) is 5.11. The lowest BCUT2D eigenvalue weighted by Gasteiger charge is -2.19. The van der Waals surface area contributed by atoms with Crippen LogP contribution in [0.4, 0.5) is 0 Å². The zero-order chi connectivity index (χ0) is 41.4. The Kier molecular flexibility index (Phi) is 2.36. The Morgan fingerprint density at radius 1 is 0.436 bits per heavy atom. The predicted octanol–water partition coefficient (Wildman–Crippen LogP) is 10.9. The normalized spacial score (nSPS) is 18.1. The smallest absolute Gasteiger partial charge is 0.136 e. The van der Waals surface area contributed by atoms with E-state index in [2.05, 4.69) is 0 Å². The summed E-state index contributed by atoms with van der Waals surface area (Å²) in [5, 5.41) is -0.787. The van der Waals surface area contributed by atoms with E-state index in [0.717, 1.165) is 0 Å². The van der Waals surface area contributed by atoms with Crippen molar-refractivity contribution in [2.45, 2.75) is 0 Å². The van der Waals surface area contributed by atoms with Crippen molar-refractivity contribution in [3.63, 3.8) is 0 Å². The SMILES string of the molecule is [2H]c1c([2H])c([2H])c(-c2cc(-c3c4c([2H])c([2H])c([2H])c([2H])c4c(-c4c([2H])c([2H])c([2H])c([2H])c4[2H])c4c([2H])c([2H])c([2H])c([2H])c34)c3c(c2)oc2ccccc23)c([2H])c1[2H]. The van der Waals surface area contributed by atoms with Gasteiger partial charge in [-0.15, -0.1) is 0 Å². The van der Waals surface area contributed by atoms with Gasteiger partial charge in [-0.3, -0.25) is 0 Å². The molecule has 0 amide bonds. The Labute approximate surface area is 251 Å². The lowest BCUT2D eigenvalue weighted by molar-refractivity contribution is 0.669. The molecule has 0 unspecified atom stereocenters. The molecule has 0 bridgehead atoms. The third-order valence-electron chi connectivity index (χ3n) is 6.66. The molecule has 1 heterocycles. The highest BCUT2D eigenvalue weighted by atomic mass is 16.3. The lowest BCUT2D eigenvalue weighted by atomic mass is 9.84. The highest BCUT2D eigenvalue weighted by Gasteiger charge is 2.21. The molecule has 8 rings (SSSR count). The predicted molar refractivity (Wildman–Crippen MR) is 165 cm³/mol. The Balaban J connectivity index is 1.76. The van der Waals surface area contributed by atoms with Gasteiger partial charge in [0, 0.05) is 10.8 Å². The first-order valence-corrected chi connectivity index (χ1v) is 11.9. The van der Waals surface area contributed by atoms with Crippen molar-refractivity contribution in [3.8, 4) is 33.4 Å². The Morgan fingerprint density at radius 3 is 1.62 bits per heavy atom. The molecule has 0 radical (unpaired) electrons. The van der Waals surface area contributed by atoms with Gasteiger partial charge in [0.25, 0.3) is 0 Å². The van der Waals surface area contributed by atoms with Crippen molar-refractivity contribution < 1.29 is 29.1 Å². The molecule has 0 aliphatic carbocycles. The number of rotatable bonds is 3. The Hall–Kier alpha value is -5.14. The number of furan rings is 1. The van der Waals surface area contributed by atoms with Crippen LogP contribution in [-0.4, -0.2) is 0 Å². The van der Waals surface area contributed by atoms with E-state index >= 15 is 0 Å². The molecule has 182 valence electrons. The minimum absolute atomic E-state index is 0.00576. The molecule has 0 spiro atoms. The van der Waals surface area contributed by atoms with Crippen LogP contribution in [0.1, 0.15) is 24.7 Å². The second-order valence-electron chi connectivity index (χ2n) is 8.75. The molecule has 0 saturated heterocycles. The van der Waals surface area contributed by atoms with Crippen molar-refractivity contribution in [3.05, 3.63) is 145 Å². The summed E-state index contributed by atoms with van der Waals surface area (Å²) in [4.78, 5) is 0. The quantitative estimate of drug-likeness (QED) is 0.214. The summed E-state index contributed by atoms with van der Waals surface area (Å²) in [7, 11) is 0. The first-order chi connectivity index (χ1) is 26.8. The van der Waals surface area contributed by atoms with Crippen LogP contribution in [0.15, 0.2) is 150 Å². The van der Waals surface area contributed by atoms with E-state index in [1.54, 1.807) is 24.3 Å². The monoisotopic (exact) mass is 514 g/mol. The zero-order valence-corrected chi connectivity index (χ0v) is 19.9. The summed E-state index contributed by atoms with van der Waals surface area (Å²) >= 11 is 0. The van der Waals surface area contributed by atoms with E-state index in [0.29, 0.717) is 11.0 Å². The van der Waals surface area contributed by atoms with Crippen LogP contribution < -0.4 is 0 Å². The largest absolute Gasteiger partial charge is 0.456 e. The first-order valence-electron chi connectivity index (χ1n) is 20.9. The van der Waals surface area contributed by atoms with Gasteiger partial charge in [0.1, 0.15) is 11.2 Å². The summed E-state index contributed by atoms with van der Waals surface area (Å²) in [5.74, 6) is 0. The molecular weight excluding hydrogens is 472 g/mol. The van der Waals surface area contributed by atoms with E-state index in [9.17, 15) is 5.48 Å². The highest BCUT2D eigenvalue weighted by Crippen LogP contribution is 2.47. The molecule has 0 saturated carbocycles. The average Bonchev–Trinajstić information content (AvgIpc) is 3.58. The molecule has 1 heteroatoms. The third-order valence-corrected chi connectivity index (χ3v) is 6.66. The van der Waals surface area contributed by atoms with Crippen LogP contribution >= 0.6 is 0 Å². The van der Waals surface area contributed by atoms with Gasteiger partial charge in [0.05, 0.1) is 24.7 Å². The number of para-hydroxylation sites is 1. The molecule has 7 aromatic carbocycles. The number of hydrogen-bond donors (Lipinski definition) is 0. The van der Waals surface area contributed by atoms with Crippen molar-refractivity contribution in [2.24, 2.45) is 0 Å². The molecule has 1 aromatic heterocycles. The molecular formula is C38H24O. The van der Waals surface area contributed by atoms with Crippen LogP contribution in [-0.2, 0) is 0 Å². The van der Waals surface area contributed by atoms with Crippen molar-refractivity contribution >= 4 is 43.5 Å². The van der Waals surface area contributed by atoms with Gasteiger partial charge in [-0.1, -0.05) is 127 Å². The fourth-order valence-electron chi connectivity index (χ4n) is 5.11. The molecule has 0 aliphatic rings. The summed E-state index contributed by atoms with van der Waals surface area (Å²) in [6.45, 7) is 0. The van der Waals surface area contributed by atoms with Gasteiger partial charge in [-0.2, -0.15) is 0 Å². The Morgan fingerprint density at radius 2 is 0.974 bits per heavy atom. The summed E-state index contributed by atoms with van der Waals surface area (Å²) < 4.78 is 164. The Bertz CT molecular complexity index is 3030. The van der Waals surface area contributed by atoms with Crippen molar-refractivity contribution in [1.82, 2.24) is 0 Å². The van der Waals surface area contributed by atoms with E-state index < -0.39 is 131 Å². The summed E-state index contributed by atoms with van der Waals surface area (Å²) in [6.07, 6.45) is 0. The van der Waals surface area contributed by atoms with Gasteiger partial charge >= 0.3 is 0 Å². The molecule has 8 aromatic rings. The van der Waals surface area contributed by atoms with Crippen LogP contribution in [0.5, 0.6) is 0 Å². The maximum absolute atomic E-state index is 9.36. The average molecular weight is 515 g/mol. The number of fused-ring (bicyclic) bond motifs is 5. The first kappa shape index (κ1) is 10.6. The second kappa shape index (κ2) is 8.72. The van der Waals surface area contributed by atoms with Crippen molar-refractivity contribution in [2.75, 3.05) is 0 Å². The lowest BCUT2D eigenvalue weighted by Crippen LogP contribution is -1.92. The fraction of sp³-hybridized carbons (Fsp3) is 0. The minimum Gasteiger partial charge on any atom is -0.456 e. The highest BCUT2D eigenvalue weighted by molar-refractivity contribution is 6.26. The van der Waals surface area contributed by atoms with Crippen LogP contribution in [0.25, 0.3) is 76.9 Å². The molecule has 0 aliphatic heterocycles. The summed E-state index contributed by atoms with van der Waals surface area (Å²) in [6, 6.07) is -3.38. The van der Waals surface area contributed by atoms with Gasteiger partial charge in [0.15, 0.2) is 0 Å². The van der Waals surface area contributed by atoms with E-state index in [1.807, 2.05) is 0 Å². The number of hydrogen-bond acceptors (Lipinski definition) is 1. The molecule has 0 atom stereocenters. The maximum atomic E-state index is 9.36. The van der Waals surface area contributed by atoms with E-state index in [-0.39, 0.29) is 44.0 Å². The zero-order valence-electron chi connectivity index (χ0n) is 37.9. The van der Waals surface area contributed by atoms with Gasteiger partial charge in [-0.05, 0) is 73.1 Å². The second-order valence-corrected chi connectivity index (χ2v) is 8.75. The van der Waals surface area contributed by atoms with Crippen LogP contribution in [0.3, 0.4) is 0 Å². The maximum Gasteiger partial charge on any atom is 0.136 e. The van der Waals surface area contributed by atoms with Crippen molar-refractivity contribution in [1.29, 1.82) is 0 Å². The van der Waals surface area contributed by atoms with E-state index in [4.69, 9.17) is 23.6 Å². The topological polar surface area (TPSA) is 13.1 Å². The molecule has 0 fully saturated rings. The van der Waals surface area contributed by atoms with Gasteiger partial charge in [-0.25, -0.2) is 0 Å². The van der Waals surface area contributed by atoms with E-state index in [1.165, 1.54) is 12.1 Å². The van der Waals surface area contributed by atoms with Crippen LogP contribution in [0.2, 0.25) is 0 Å². The third kappa shape index (κ3) is 3.41. The van der Waals surface area contributed by atoms with Gasteiger partial charge in [0.2, 0.25) is 0 Å². The molecule has 1 nitrogen and oxygen atoms in total.